The van der Waals surface area contributed by atoms with Crippen LogP contribution in [0, 0.1) is 12.0 Å². The summed E-state index contributed by atoms with van der Waals surface area (Å²) in [4.78, 5) is 2.56. The largest absolute Gasteiger partial charge is 0.395 e. The van der Waals surface area contributed by atoms with Crippen molar-refractivity contribution in [2.75, 3.05) is 19.7 Å². The highest BCUT2D eigenvalue weighted by Gasteiger charge is 2.53. The van der Waals surface area contributed by atoms with Gasteiger partial charge in [-0.2, -0.15) is 0 Å². The van der Waals surface area contributed by atoms with Crippen LogP contribution >= 0.6 is 0 Å². The van der Waals surface area contributed by atoms with Gasteiger partial charge in [-0.1, -0.05) is 31.0 Å². The van der Waals surface area contributed by atoms with E-state index in [2.05, 4.69) is 29.2 Å². The van der Waals surface area contributed by atoms with Gasteiger partial charge in [-0.3, -0.25) is 4.90 Å². The van der Waals surface area contributed by atoms with E-state index >= 15 is 0 Å². The Morgan fingerprint density at radius 1 is 1.35 bits per heavy atom. The molecule has 2 nitrogen and oxygen atoms in total. The number of rotatable bonds is 2. The van der Waals surface area contributed by atoms with Crippen LogP contribution in [0.25, 0.3) is 0 Å². The van der Waals surface area contributed by atoms with E-state index in [1.54, 1.807) is 11.1 Å². The quantitative estimate of drug-likeness (QED) is 0.892. The molecule has 0 spiro atoms. The van der Waals surface area contributed by atoms with Crippen molar-refractivity contribution in [2.45, 2.75) is 50.0 Å². The first-order chi connectivity index (χ1) is 9.85. The van der Waals surface area contributed by atoms with E-state index in [1.807, 2.05) is 0 Å². The third kappa shape index (κ3) is 1.71. The van der Waals surface area contributed by atoms with Crippen LogP contribution in [0.4, 0.5) is 0 Å². The van der Waals surface area contributed by atoms with Crippen LogP contribution in [-0.2, 0) is 11.8 Å². The minimum absolute atomic E-state index is 0.297. The summed E-state index contributed by atoms with van der Waals surface area (Å²) < 4.78 is 0. The Kier molecular flexibility index (Phi) is 3.12. The number of β-amino-alcohol motifs (C(OH)–C–C–N with tert-alkyl or cyclic N) is 1. The normalized spacial score (nSPS) is 36.2. The number of hydrogen-bond acceptors (Lipinski definition) is 2. The predicted molar refractivity (Wildman–Crippen MR) is 79.7 cm³/mol. The number of fused-ring (bicyclic) bond motifs is 1. The lowest BCUT2D eigenvalue weighted by Gasteiger charge is -2.59. The molecule has 3 atom stereocenters. The molecule has 1 saturated heterocycles. The molecule has 1 saturated carbocycles. The molecular formula is C18H24NO. The number of nitrogens with zero attached hydrogens (tertiary/aromatic N) is 1. The average Bonchev–Trinajstić information content (AvgIpc) is 2.50. The molecule has 107 valence electrons. The lowest BCUT2D eigenvalue weighted by atomic mass is 9.52. The van der Waals surface area contributed by atoms with Gasteiger partial charge in [-0.15, -0.1) is 0 Å². The minimum atomic E-state index is 0.297. The number of aliphatic hydroxyl groups is 1. The summed E-state index contributed by atoms with van der Waals surface area (Å²) in [5, 5.41) is 9.36. The van der Waals surface area contributed by atoms with Crippen LogP contribution < -0.4 is 0 Å². The maximum Gasteiger partial charge on any atom is 0.0558 e. The fraction of sp³-hybridized carbons (Fsp3) is 0.667. The Morgan fingerprint density at radius 3 is 3.20 bits per heavy atom. The first kappa shape index (κ1) is 12.8. The standard InChI is InChI=1S/C18H24NO/c20-12-11-19-10-9-18-8-4-3-7-16(18)17(19)13-14-5-1-2-6-15(14)18/h1,5-6,16-17,20H,3-4,7-13H2/t16-,17+,18-/m0/s1. The van der Waals surface area contributed by atoms with Crippen molar-refractivity contribution in [3.63, 3.8) is 0 Å². The van der Waals surface area contributed by atoms with Crippen molar-refractivity contribution in [3.05, 3.63) is 35.4 Å². The second-order valence-electron chi connectivity index (χ2n) is 6.87. The van der Waals surface area contributed by atoms with Gasteiger partial charge in [0.15, 0.2) is 0 Å². The van der Waals surface area contributed by atoms with Crippen molar-refractivity contribution >= 4 is 0 Å². The van der Waals surface area contributed by atoms with Gasteiger partial charge in [0.2, 0.25) is 0 Å². The number of hydrogen-bond donors (Lipinski definition) is 1. The topological polar surface area (TPSA) is 23.5 Å². The maximum atomic E-state index is 9.36. The van der Waals surface area contributed by atoms with Gasteiger partial charge >= 0.3 is 0 Å². The summed E-state index contributed by atoms with van der Waals surface area (Å²) in [5.74, 6) is 0.805. The Bertz CT molecular complexity index is 500. The number of aliphatic hydroxyl groups excluding tert-OH is 1. The lowest BCUT2D eigenvalue weighted by molar-refractivity contribution is -0.0175. The van der Waals surface area contributed by atoms with Gasteiger partial charge in [0.25, 0.3) is 0 Å². The molecule has 4 rings (SSSR count). The third-order valence-corrected chi connectivity index (χ3v) is 6.18. The molecule has 0 aromatic heterocycles. The minimum Gasteiger partial charge on any atom is -0.395 e. The summed E-state index contributed by atoms with van der Waals surface area (Å²) in [7, 11) is 0. The van der Waals surface area contributed by atoms with Crippen LogP contribution in [-0.4, -0.2) is 35.7 Å². The molecule has 1 aromatic carbocycles. The monoisotopic (exact) mass is 270 g/mol. The number of piperidine rings is 1. The summed E-state index contributed by atoms with van der Waals surface area (Å²) in [6.07, 6.45) is 7.97. The molecule has 1 aliphatic heterocycles. The van der Waals surface area contributed by atoms with Gasteiger partial charge < -0.3 is 5.11 Å². The molecule has 0 unspecified atom stereocenters. The zero-order valence-electron chi connectivity index (χ0n) is 12.1. The van der Waals surface area contributed by atoms with Crippen LogP contribution in [0.15, 0.2) is 18.2 Å². The Labute approximate surface area is 121 Å². The first-order valence-corrected chi connectivity index (χ1v) is 8.19. The Morgan fingerprint density at radius 2 is 2.30 bits per heavy atom. The molecule has 0 amide bonds. The molecule has 2 aliphatic carbocycles. The Balaban J connectivity index is 1.80. The van der Waals surface area contributed by atoms with Crippen molar-refractivity contribution < 1.29 is 5.11 Å². The molecule has 2 heteroatoms. The number of benzene rings is 1. The van der Waals surface area contributed by atoms with Gasteiger partial charge in [0, 0.05) is 18.0 Å². The van der Waals surface area contributed by atoms with Crippen LogP contribution in [0.2, 0.25) is 0 Å². The third-order valence-electron chi connectivity index (χ3n) is 6.18. The van der Waals surface area contributed by atoms with E-state index in [-0.39, 0.29) is 0 Å². The zero-order valence-corrected chi connectivity index (χ0v) is 12.1. The van der Waals surface area contributed by atoms with E-state index < -0.39 is 0 Å². The Hall–Kier alpha value is -0.860. The molecule has 1 heterocycles. The SMILES string of the molecule is OCCN1CC[C@]23CCCC[C@H]2[C@H]1Cc1cc[c]cc13. The fourth-order valence-electron chi connectivity index (χ4n) is 5.38. The highest BCUT2D eigenvalue weighted by Crippen LogP contribution is 2.55. The van der Waals surface area contributed by atoms with E-state index in [0.29, 0.717) is 18.1 Å². The van der Waals surface area contributed by atoms with Gasteiger partial charge in [-0.05, 0) is 55.3 Å². The van der Waals surface area contributed by atoms with Crippen LogP contribution in [0.3, 0.4) is 0 Å². The highest BCUT2D eigenvalue weighted by molar-refractivity contribution is 5.40. The van der Waals surface area contributed by atoms with Gasteiger partial charge in [-0.25, -0.2) is 0 Å². The fourth-order valence-corrected chi connectivity index (χ4v) is 5.38. The molecule has 2 fully saturated rings. The second kappa shape index (κ2) is 4.85. The molecule has 2 bridgehead atoms. The smallest absolute Gasteiger partial charge is 0.0558 e. The van der Waals surface area contributed by atoms with Crippen molar-refractivity contribution in [2.24, 2.45) is 5.92 Å². The first-order valence-electron chi connectivity index (χ1n) is 8.19. The predicted octanol–water partition coefficient (Wildman–Crippen LogP) is 2.54. The lowest BCUT2D eigenvalue weighted by Crippen LogP contribution is -2.61. The summed E-state index contributed by atoms with van der Waals surface area (Å²) in [6.45, 7) is 2.31. The highest BCUT2D eigenvalue weighted by atomic mass is 16.3. The van der Waals surface area contributed by atoms with Crippen LogP contribution in [0.5, 0.6) is 0 Å². The van der Waals surface area contributed by atoms with Gasteiger partial charge in [0.1, 0.15) is 0 Å². The zero-order chi connectivity index (χ0) is 13.6. The molecule has 1 radical (unpaired) electrons. The van der Waals surface area contributed by atoms with Crippen molar-refractivity contribution in [3.8, 4) is 0 Å². The van der Waals surface area contributed by atoms with E-state index in [0.717, 1.165) is 19.0 Å². The molecule has 20 heavy (non-hydrogen) atoms. The molecule has 3 aliphatic rings. The number of likely N-dealkylation sites (tertiary alicyclic amines) is 1. The van der Waals surface area contributed by atoms with Crippen LogP contribution in [0.1, 0.15) is 43.2 Å². The molecule has 1 aromatic rings. The summed E-state index contributed by atoms with van der Waals surface area (Å²) in [6, 6.07) is 10.6. The average molecular weight is 270 g/mol. The molecule has 1 N–H and O–H groups in total. The van der Waals surface area contributed by atoms with Crippen molar-refractivity contribution in [1.29, 1.82) is 0 Å². The van der Waals surface area contributed by atoms with E-state index in [1.165, 1.54) is 38.5 Å². The van der Waals surface area contributed by atoms with E-state index in [4.69, 9.17) is 0 Å². The van der Waals surface area contributed by atoms with Gasteiger partial charge in [0.05, 0.1) is 6.61 Å². The second-order valence-corrected chi connectivity index (χ2v) is 6.87. The summed E-state index contributed by atoms with van der Waals surface area (Å²) >= 11 is 0. The van der Waals surface area contributed by atoms with E-state index in [9.17, 15) is 5.11 Å². The molecular weight excluding hydrogens is 246 g/mol. The summed E-state index contributed by atoms with van der Waals surface area (Å²) in [5.41, 5.74) is 3.60. The van der Waals surface area contributed by atoms with Crippen molar-refractivity contribution in [1.82, 2.24) is 4.90 Å². The maximum absolute atomic E-state index is 9.36.